The average Bonchev–Trinajstić information content (AvgIpc) is 4.01. The molecule has 0 aliphatic carbocycles. The maximum absolute atomic E-state index is 6.56. The van der Waals surface area contributed by atoms with Crippen LogP contribution in [0.5, 0.6) is 0 Å². The van der Waals surface area contributed by atoms with Gasteiger partial charge in [-0.3, -0.25) is 4.57 Å². The molecule has 0 spiro atoms. The molecule has 0 aliphatic rings. The molecule has 0 bridgehead atoms. The van der Waals surface area contributed by atoms with Crippen LogP contribution in [-0.2, 0) is 0 Å². The summed E-state index contributed by atoms with van der Waals surface area (Å²) in [6.07, 6.45) is 5.47. The Morgan fingerprint density at radius 1 is 0.545 bits per heavy atom. The smallest absolute Gasteiger partial charge is 0.307 e. The van der Waals surface area contributed by atoms with Gasteiger partial charge in [0.25, 0.3) is 0 Å². The van der Waals surface area contributed by atoms with E-state index in [1.54, 1.807) is 6.08 Å². The van der Waals surface area contributed by atoms with E-state index in [-0.39, 0.29) is 0 Å². The van der Waals surface area contributed by atoms with Crippen LogP contribution in [0.4, 0.5) is 0 Å². The minimum absolute atomic E-state index is 0.471. The summed E-state index contributed by atoms with van der Waals surface area (Å²) in [6, 6.07) is 46.3. The van der Waals surface area contributed by atoms with E-state index in [2.05, 4.69) is 102 Å². The minimum atomic E-state index is 0.471. The molecule has 0 saturated heterocycles. The fourth-order valence-corrected chi connectivity index (χ4v) is 7.80. The molecule has 0 atom stereocenters. The first-order valence-corrected chi connectivity index (χ1v) is 18.1. The Morgan fingerprint density at radius 3 is 1.93 bits per heavy atom. The van der Waals surface area contributed by atoms with Crippen molar-refractivity contribution < 1.29 is 13.3 Å². The number of para-hydroxylation sites is 2. The molecular formula is C48H30N4O3. The topological polar surface area (TPSA) is 83.0 Å². The molecule has 11 rings (SSSR count). The number of allylic oxidation sites excluding steroid dienone is 2. The molecule has 0 radical (unpaired) electrons. The van der Waals surface area contributed by atoms with Crippen molar-refractivity contribution in [3.8, 4) is 40.0 Å². The lowest BCUT2D eigenvalue weighted by Crippen LogP contribution is -1.94. The third-order valence-electron chi connectivity index (χ3n) is 10.4. The van der Waals surface area contributed by atoms with E-state index in [1.807, 2.05) is 61.5 Å². The second-order valence-corrected chi connectivity index (χ2v) is 13.7. The zero-order chi connectivity index (χ0) is 36.6. The number of hydrogen-bond acceptors (Lipinski definition) is 6. The molecule has 55 heavy (non-hydrogen) atoms. The molecule has 0 fully saturated rings. The van der Waals surface area contributed by atoms with Gasteiger partial charge in [-0.2, -0.15) is 4.98 Å². The standard InChI is InChI=1S/C48H30N4O3/c1-3-4-15-39-28(2)53-48(51-39)52-42-22-19-31(46-49-40-16-9-10-17-44(40)54-46)25-37(42)38-26-32(20-23-43(38)52)47-50-41-21-18-30(27-45(41)55-47)36-24-29-11-5-6-12-33(29)34-13-7-8-14-35(34)36/h3-27H,1H2,2H3/b15-4-. The quantitative estimate of drug-likeness (QED) is 0.126. The fraction of sp³-hybridized carbons (Fsp3) is 0.0208. The number of nitrogens with zero attached hydrogens (tertiary/aromatic N) is 4. The van der Waals surface area contributed by atoms with Crippen LogP contribution in [-0.4, -0.2) is 19.5 Å². The predicted octanol–water partition coefficient (Wildman–Crippen LogP) is 12.9. The lowest BCUT2D eigenvalue weighted by atomic mass is 9.93. The number of hydrogen-bond donors (Lipinski definition) is 0. The van der Waals surface area contributed by atoms with E-state index in [0.717, 1.165) is 72.0 Å². The molecular weight excluding hydrogens is 681 g/mol. The van der Waals surface area contributed by atoms with Gasteiger partial charge < -0.3 is 13.3 Å². The van der Waals surface area contributed by atoms with Gasteiger partial charge in [0.2, 0.25) is 11.8 Å². The third-order valence-corrected chi connectivity index (χ3v) is 10.4. The van der Waals surface area contributed by atoms with Crippen molar-refractivity contribution in [2.45, 2.75) is 6.92 Å². The molecule has 0 unspecified atom stereocenters. The summed E-state index contributed by atoms with van der Waals surface area (Å²) in [5.41, 5.74) is 9.61. The lowest BCUT2D eigenvalue weighted by molar-refractivity contribution is 0.508. The van der Waals surface area contributed by atoms with Gasteiger partial charge in [-0.25, -0.2) is 9.97 Å². The fourth-order valence-electron chi connectivity index (χ4n) is 7.80. The summed E-state index contributed by atoms with van der Waals surface area (Å²) in [5, 5.41) is 6.83. The Hall–Kier alpha value is -7.51. The highest BCUT2D eigenvalue weighted by Gasteiger charge is 2.21. The van der Waals surface area contributed by atoms with E-state index in [1.165, 1.54) is 21.5 Å². The molecule has 0 amide bonds. The van der Waals surface area contributed by atoms with Crippen molar-refractivity contribution in [2.75, 3.05) is 0 Å². The second kappa shape index (κ2) is 12.0. The zero-order valence-corrected chi connectivity index (χ0v) is 29.7. The van der Waals surface area contributed by atoms with Crippen LogP contribution in [0.1, 0.15) is 11.5 Å². The number of aryl methyl sites for hydroxylation is 1. The van der Waals surface area contributed by atoms with Crippen molar-refractivity contribution >= 4 is 71.6 Å². The molecule has 4 aromatic heterocycles. The zero-order valence-electron chi connectivity index (χ0n) is 29.7. The monoisotopic (exact) mass is 710 g/mol. The molecule has 7 heteroatoms. The van der Waals surface area contributed by atoms with Gasteiger partial charge in [0, 0.05) is 21.9 Å². The number of aromatic nitrogens is 4. The van der Waals surface area contributed by atoms with Crippen molar-refractivity contribution in [1.29, 1.82) is 0 Å². The molecule has 260 valence electrons. The summed E-state index contributed by atoms with van der Waals surface area (Å²) in [6.45, 7) is 5.72. The van der Waals surface area contributed by atoms with Crippen LogP contribution in [0.25, 0.3) is 112 Å². The van der Waals surface area contributed by atoms with E-state index in [4.69, 9.17) is 28.2 Å². The van der Waals surface area contributed by atoms with E-state index < -0.39 is 0 Å². The first-order valence-electron chi connectivity index (χ1n) is 18.1. The van der Waals surface area contributed by atoms with E-state index in [9.17, 15) is 0 Å². The van der Waals surface area contributed by atoms with Crippen LogP contribution >= 0.6 is 0 Å². The molecule has 0 N–H and O–H groups in total. The van der Waals surface area contributed by atoms with Crippen LogP contribution < -0.4 is 0 Å². The molecule has 0 saturated carbocycles. The van der Waals surface area contributed by atoms with Gasteiger partial charge in [-0.15, -0.1) is 0 Å². The first-order chi connectivity index (χ1) is 27.1. The van der Waals surface area contributed by atoms with Gasteiger partial charge in [-0.1, -0.05) is 85.5 Å². The third kappa shape index (κ3) is 4.94. The van der Waals surface area contributed by atoms with Gasteiger partial charge in [0.05, 0.1) is 11.0 Å². The molecule has 7 nitrogen and oxygen atoms in total. The summed E-state index contributed by atoms with van der Waals surface area (Å²) in [7, 11) is 0. The molecule has 7 aromatic carbocycles. The Morgan fingerprint density at radius 2 is 1.18 bits per heavy atom. The number of oxazole rings is 3. The number of fused-ring (bicyclic) bond motifs is 8. The Bertz CT molecular complexity index is 3340. The Labute approximate surface area is 314 Å². The largest absolute Gasteiger partial charge is 0.436 e. The lowest BCUT2D eigenvalue weighted by Gasteiger charge is -2.10. The van der Waals surface area contributed by atoms with Crippen LogP contribution in [0, 0.1) is 6.92 Å². The van der Waals surface area contributed by atoms with Crippen LogP contribution in [0.3, 0.4) is 0 Å². The van der Waals surface area contributed by atoms with Crippen molar-refractivity contribution in [2.24, 2.45) is 0 Å². The normalized spacial score (nSPS) is 12.1. The number of benzene rings is 7. The van der Waals surface area contributed by atoms with E-state index >= 15 is 0 Å². The summed E-state index contributed by atoms with van der Waals surface area (Å²) in [5.74, 6) is 1.81. The molecule has 0 aliphatic heterocycles. The van der Waals surface area contributed by atoms with Gasteiger partial charge >= 0.3 is 6.01 Å². The van der Waals surface area contributed by atoms with Gasteiger partial charge in [0.15, 0.2) is 11.2 Å². The van der Waals surface area contributed by atoms with E-state index in [0.29, 0.717) is 23.6 Å². The Balaban J connectivity index is 1.07. The maximum Gasteiger partial charge on any atom is 0.307 e. The minimum Gasteiger partial charge on any atom is -0.436 e. The maximum atomic E-state index is 6.56. The summed E-state index contributed by atoms with van der Waals surface area (Å²) < 4.78 is 21.1. The predicted molar refractivity (Wildman–Crippen MR) is 221 cm³/mol. The summed E-state index contributed by atoms with van der Waals surface area (Å²) >= 11 is 0. The van der Waals surface area contributed by atoms with Gasteiger partial charge in [-0.05, 0) is 112 Å². The summed E-state index contributed by atoms with van der Waals surface area (Å²) in [4.78, 5) is 14.6. The van der Waals surface area contributed by atoms with Crippen molar-refractivity contribution in [3.05, 3.63) is 164 Å². The molecule has 11 aromatic rings. The van der Waals surface area contributed by atoms with Crippen molar-refractivity contribution in [3.63, 3.8) is 0 Å². The second-order valence-electron chi connectivity index (χ2n) is 13.7. The van der Waals surface area contributed by atoms with Crippen LogP contribution in [0.2, 0.25) is 0 Å². The van der Waals surface area contributed by atoms with Crippen LogP contribution in [0.15, 0.2) is 165 Å². The highest BCUT2D eigenvalue weighted by Crippen LogP contribution is 2.40. The number of rotatable bonds is 6. The first kappa shape index (κ1) is 31.1. The Kier molecular flexibility index (Phi) is 6.78. The highest BCUT2D eigenvalue weighted by atomic mass is 16.4. The molecule has 4 heterocycles. The van der Waals surface area contributed by atoms with Gasteiger partial charge in [0.1, 0.15) is 22.5 Å². The SMILES string of the molecule is C=C/C=C\c1nc(-n2c3ccc(-c4nc5ccccc5o4)cc3c3cc(-c4nc5ccc(-c6cc7ccccc7c7ccccc67)cc5o4)ccc32)oc1C. The van der Waals surface area contributed by atoms with Crippen molar-refractivity contribution in [1.82, 2.24) is 19.5 Å². The highest BCUT2D eigenvalue weighted by molar-refractivity contribution is 6.14. The average molecular weight is 711 g/mol.